The molecule has 8 nitrogen and oxygen atoms in total. The van der Waals surface area contributed by atoms with Crippen molar-refractivity contribution in [3.05, 3.63) is 70.4 Å². The SMILES string of the molecule is CCCn1c(Oc2cccc(C(F)(F)F)c2)nc2nc(C34CCC(COc5ccccn5)(CC3)CC4)[nH]c2c1=O. The molecule has 3 aliphatic rings. The number of pyridine rings is 1. The molecule has 40 heavy (non-hydrogen) atoms. The van der Waals surface area contributed by atoms with E-state index in [1.54, 1.807) is 6.20 Å². The molecular formula is C29H30F3N5O3. The summed E-state index contributed by atoms with van der Waals surface area (Å²) in [6.07, 6.45) is 3.49. The van der Waals surface area contributed by atoms with Gasteiger partial charge in [0.05, 0.1) is 12.2 Å². The molecule has 0 saturated heterocycles. The molecule has 0 spiro atoms. The summed E-state index contributed by atoms with van der Waals surface area (Å²) in [5, 5.41) is 0. The fourth-order valence-electron chi connectivity index (χ4n) is 6.05. The molecule has 210 valence electrons. The van der Waals surface area contributed by atoms with Gasteiger partial charge in [0.15, 0.2) is 11.2 Å². The lowest BCUT2D eigenvalue weighted by atomic mass is 9.53. The Balaban J connectivity index is 1.27. The molecule has 0 unspecified atom stereocenters. The van der Waals surface area contributed by atoms with Crippen LogP contribution in [0.2, 0.25) is 0 Å². The van der Waals surface area contributed by atoms with Gasteiger partial charge in [-0.15, -0.1) is 0 Å². The summed E-state index contributed by atoms with van der Waals surface area (Å²) >= 11 is 0. The molecule has 1 N–H and O–H groups in total. The smallest absolute Gasteiger partial charge is 0.416 e. The van der Waals surface area contributed by atoms with Crippen LogP contribution in [0.3, 0.4) is 0 Å². The highest BCUT2D eigenvalue weighted by atomic mass is 19.4. The minimum Gasteiger partial charge on any atom is -0.477 e. The van der Waals surface area contributed by atoms with E-state index in [1.165, 1.54) is 16.7 Å². The molecule has 3 aliphatic carbocycles. The molecular weight excluding hydrogens is 523 g/mol. The molecule has 2 bridgehead atoms. The third-order valence-electron chi connectivity index (χ3n) is 8.46. The van der Waals surface area contributed by atoms with E-state index in [2.05, 4.69) is 15.0 Å². The summed E-state index contributed by atoms with van der Waals surface area (Å²) < 4.78 is 52.8. The van der Waals surface area contributed by atoms with Crippen LogP contribution >= 0.6 is 0 Å². The van der Waals surface area contributed by atoms with E-state index in [4.69, 9.17) is 14.5 Å². The molecule has 3 saturated carbocycles. The van der Waals surface area contributed by atoms with Gasteiger partial charge in [-0.1, -0.05) is 19.1 Å². The average molecular weight is 554 g/mol. The Labute approximate surface area is 228 Å². The topological polar surface area (TPSA) is 94.9 Å². The molecule has 0 aliphatic heterocycles. The number of alkyl halides is 3. The summed E-state index contributed by atoms with van der Waals surface area (Å²) in [6.45, 7) is 2.82. The zero-order chi connectivity index (χ0) is 28.0. The minimum atomic E-state index is -4.52. The summed E-state index contributed by atoms with van der Waals surface area (Å²) in [4.78, 5) is 30.3. The summed E-state index contributed by atoms with van der Waals surface area (Å²) in [5.41, 5.74) is -0.776. The first-order valence-corrected chi connectivity index (χ1v) is 13.6. The highest BCUT2D eigenvalue weighted by molar-refractivity contribution is 5.70. The fraction of sp³-hybridized carbons (Fsp3) is 0.448. The number of ether oxygens (including phenoxy) is 2. The van der Waals surface area contributed by atoms with Crippen molar-refractivity contribution in [1.82, 2.24) is 24.5 Å². The van der Waals surface area contributed by atoms with Crippen molar-refractivity contribution in [2.45, 2.75) is 70.0 Å². The minimum absolute atomic E-state index is 0.0518. The van der Waals surface area contributed by atoms with Gasteiger partial charge >= 0.3 is 12.2 Å². The van der Waals surface area contributed by atoms with Crippen LogP contribution in [0.1, 0.15) is 63.3 Å². The van der Waals surface area contributed by atoms with Crippen LogP contribution in [0, 0.1) is 5.41 Å². The number of hydrogen-bond acceptors (Lipinski definition) is 6. The third-order valence-corrected chi connectivity index (χ3v) is 8.46. The number of nitrogens with zero attached hydrogens (tertiary/aromatic N) is 4. The number of benzene rings is 1. The van der Waals surface area contributed by atoms with Gasteiger partial charge in [-0.25, -0.2) is 9.97 Å². The largest absolute Gasteiger partial charge is 0.477 e. The van der Waals surface area contributed by atoms with Crippen molar-refractivity contribution < 1.29 is 22.6 Å². The van der Waals surface area contributed by atoms with Crippen LogP contribution in [-0.4, -0.2) is 31.1 Å². The Hall–Kier alpha value is -3.89. The molecule has 3 heterocycles. The zero-order valence-corrected chi connectivity index (χ0v) is 22.1. The van der Waals surface area contributed by atoms with E-state index in [9.17, 15) is 18.0 Å². The number of halogens is 3. The standard InChI is InChI=1S/C29H30F3N5O3/c1-2-16-37-24(38)22-23(36-26(37)40-20-7-5-6-19(17-20)29(30,31)32)35-25(34-22)28-12-9-27(10-13-28,11-14-28)18-39-21-8-3-4-15-33-21/h3-8,15,17H,2,9-14,16,18H2,1H3,(H,34,35). The number of hydrogen-bond donors (Lipinski definition) is 1. The summed E-state index contributed by atoms with van der Waals surface area (Å²) in [5.74, 6) is 1.32. The van der Waals surface area contributed by atoms with Gasteiger partial charge in [0.1, 0.15) is 11.6 Å². The Morgan fingerprint density at radius 3 is 2.48 bits per heavy atom. The molecule has 0 amide bonds. The second kappa shape index (κ2) is 9.94. The van der Waals surface area contributed by atoms with E-state index >= 15 is 0 Å². The predicted molar refractivity (Wildman–Crippen MR) is 142 cm³/mol. The van der Waals surface area contributed by atoms with E-state index in [1.807, 2.05) is 25.1 Å². The number of aromatic nitrogens is 5. The Kier molecular flexibility index (Phi) is 6.54. The van der Waals surface area contributed by atoms with Crippen molar-refractivity contribution in [2.24, 2.45) is 5.41 Å². The number of fused-ring (bicyclic) bond motifs is 4. The van der Waals surface area contributed by atoms with Crippen molar-refractivity contribution >= 4 is 11.2 Å². The fourth-order valence-corrected chi connectivity index (χ4v) is 6.05. The van der Waals surface area contributed by atoms with E-state index in [-0.39, 0.29) is 39.3 Å². The van der Waals surface area contributed by atoms with Gasteiger partial charge in [0, 0.05) is 29.6 Å². The number of H-pyrrole nitrogens is 1. The number of rotatable bonds is 8. The van der Waals surface area contributed by atoms with Crippen LogP contribution in [0.4, 0.5) is 13.2 Å². The van der Waals surface area contributed by atoms with Gasteiger partial charge in [-0.2, -0.15) is 18.2 Å². The molecule has 1 aromatic carbocycles. The van der Waals surface area contributed by atoms with Gasteiger partial charge in [0.25, 0.3) is 5.56 Å². The maximum absolute atomic E-state index is 13.5. The Morgan fingerprint density at radius 2 is 1.80 bits per heavy atom. The number of aromatic amines is 1. The van der Waals surface area contributed by atoms with Crippen LogP contribution in [0.5, 0.6) is 17.6 Å². The van der Waals surface area contributed by atoms with Crippen LogP contribution < -0.4 is 15.0 Å². The number of imidazole rings is 1. The Morgan fingerprint density at radius 1 is 1.02 bits per heavy atom. The average Bonchev–Trinajstić information content (AvgIpc) is 3.41. The molecule has 3 aromatic heterocycles. The lowest BCUT2D eigenvalue weighted by Crippen LogP contribution is -2.47. The van der Waals surface area contributed by atoms with Crippen LogP contribution in [0.15, 0.2) is 53.5 Å². The van der Waals surface area contributed by atoms with Crippen molar-refractivity contribution in [3.8, 4) is 17.6 Å². The lowest BCUT2D eigenvalue weighted by molar-refractivity contribution is -0.137. The summed E-state index contributed by atoms with van der Waals surface area (Å²) in [7, 11) is 0. The molecule has 3 fully saturated rings. The normalized spacial score (nSPS) is 22.5. The van der Waals surface area contributed by atoms with Gasteiger partial charge in [-0.3, -0.25) is 9.36 Å². The molecule has 0 radical (unpaired) electrons. The zero-order valence-electron chi connectivity index (χ0n) is 22.1. The monoisotopic (exact) mass is 553 g/mol. The van der Waals surface area contributed by atoms with Crippen LogP contribution in [0.25, 0.3) is 11.2 Å². The van der Waals surface area contributed by atoms with E-state index < -0.39 is 11.7 Å². The van der Waals surface area contributed by atoms with Crippen molar-refractivity contribution in [2.75, 3.05) is 6.61 Å². The van der Waals surface area contributed by atoms with Gasteiger partial charge in [0.2, 0.25) is 5.88 Å². The third kappa shape index (κ3) is 4.82. The number of nitrogens with one attached hydrogen (secondary N) is 1. The summed E-state index contributed by atoms with van der Waals surface area (Å²) in [6, 6.07) is 10.1. The molecule has 0 atom stereocenters. The molecule has 4 aromatic rings. The maximum atomic E-state index is 13.5. The first kappa shape index (κ1) is 26.3. The highest BCUT2D eigenvalue weighted by Gasteiger charge is 2.51. The lowest BCUT2D eigenvalue weighted by Gasteiger charge is -2.52. The van der Waals surface area contributed by atoms with Gasteiger partial charge in [-0.05, 0) is 69.2 Å². The van der Waals surface area contributed by atoms with Crippen LogP contribution in [-0.2, 0) is 18.1 Å². The molecule has 7 rings (SSSR count). The Bertz CT molecular complexity index is 1560. The first-order chi connectivity index (χ1) is 19.2. The first-order valence-electron chi connectivity index (χ1n) is 13.6. The van der Waals surface area contributed by atoms with E-state index in [0.717, 1.165) is 56.5 Å². The second-order valence-electron chi connectivity index (χ2n) is 11.0. The van der Waals surface area contributed by atoms with Crippen molar-refractivity contribution in [1.29, 1.82) is 0 Å². The van der Waals surface area contributed by atoms with E-state index in [0.29, 0.717) is 25.5 Å². The predicted octanol–water partition coefficient (Wildman–Crippen LogP) is 6.41. The van der Waals surface area contributed by atoms with Gasteiger partial charge < -0.3 is 14.5 Å². The second-order valence-corrected chi connectivity index (χ2v) is 11.0. The maximum Gasteiger partial charge on any atom is 0.416 e. The highest BCUT2D eigenvalue weighted by Crippen LogP contribution is 2.57. The quantitative estimate of drug-likeness (QED) is 0.271. The van der Waals surface area contributed by atoms with Crippen molar-refractivity contribution in [3.63, 3.8) is 0 Å². The molecule has 11 heteroatoms.